The topological polar surface area (TPSA) is 37.8 Å². The molecule has 0 spiro atoms. The number of nitrogens with one attached hydrogen (secondary N) is 1. The minimum atomic E-state index is 0.285. The highest BCUT2D eigenvalue weighted by Gasteiger charge is 2.09. The third-order valence-corrected chi connectivity index (χ3v) is 4.00. The minimum absolute atomic E-state index is 0.285. The normalized spacial score (nSPS) is 12.9. The number of thiazole rings is 2. The van der Waals surface area contributed by atoms with Crippen LogP contribution in [0.1, 0.15) is 34.2 Å². The average Bonchev–Trinajstić information content (AvgIpc) is 2.84. The fraction of sp³-hybridized carbons (Fsp3) is 0.455. The molecule has 86 valence electrons. The van der Waals surface area contributed by atoms with Crippen LogP contribution in [0.5, 0.6) is 0 Å². The van der Waals surface area contributed by atoms with Gasteiger partial charge >= 0.3 is 0 Å². The van der Waals surface area contributed by atoms with Crippen LogP contribution >= 0.6 is 22.7 Å². The van der Waals surface area contributed by atoms with E-state index < -0.39 is 0 Å². The summed E-state index contributed by atoms with van der Waals surface area (Å²) in [7, 11) is 0. The fourth-order valence-corrected chi connectivity index (χ4v) is 3.01. The van der Waals surface area contributed by atoms with Gasteiger partial charge in [0.25, 0.3) is 0 Å². The average molecular weight is 253 g/mol. The van der Waals surface area contributed by atoms with Crippen LogP contribution in [0.15, 0.2) is 10.9 Å². The molecule has 0 saturated carbocycles. The quantitative estimate of drug-likeness (QED) is 0.910. The summed E-state index contributed by atoms with van der Waals surface area (Å²) in [5, 5.41) is 6.66. The highest BCUT2D eigenvalue weighted by molar-refractivity contribution is 7.11. The Kier molecular flexibility index (Phi) is 3.68. The fourth-order valence-electron chi connectivity index (χ4n) is 1.53. The zero-order valence-corrected chi connectivity index (χ0v) is 11.3. The van der Waals surface area contributed by atoms with Gasteiger partial charge in [0.15, 0.2) is 0 Å². The molecule has 0 saturated heterocycles. The van der Waals surface area contributed by atoms with Crippen LogP contribution in [0.2, 0.25) is 0 Å². The summed E-state index contributed by atoms with van der Waals surface area (Å²) in [5.74, 6) is 0. The van der Waals surface area contributed by atoms with Crippen LogP contribution in [0.25, 0.3) is 0 Å². The molecule has 1 unspecified atom stereocenters. The molecule has 2 heterocycles. The molecule has 0 aromatic carbocycles. The van der Waals surface area contributed by atoms with E-state index >= 15 is 0 Å². The van der Waals surface area contributed by atoms with Gasteiger partial charge in [0, 0.05) is 22.8 Å². The summed E-state index contributed by atoms with van der Waals surface area (Å²) < 4.78 is 0. The molecule has 5 heteroatoms. The Labute approximate surface area is 104 Å². The standard InChI is InChI=1S/C11H15N3S2/c1-7(11-5-15-6-13-11)12-4-10-8(2)16-9(3)14-10/h5-7,12H,4H2,1-3H3. The van der Waals surface area contributed by atoms with Gasteiger partial charge in [-0.15, -0.1) is 22.7 Å². The Morgan fingerprint density at radius 3 is 2.81 bits per heavy atom. The predicted octanol–water partition coefficient (Wildman–Crippen LogP) is 3.07. The number of rotatable bonds is 4. The Balaban J connectivity index is 1.95. The van der Waals surface area contributed by atoms with Gasteiger partial charge in [-0.1, -0.05) is 0 Å². The van der Waals surface area contributed by atoms with Gasteiger partial charge in [0.05, 0.1) is 21.9 Å². The SMILES string of the molecule is Cc1nc(CNC(C)c2cscn2)c(C)s1. The van der Waals surface area contributed by atoms with Crippen molar-refractivity contribution in [2.45, 2.75) is 33.4 Å². The monoisotopic (exact) mass is 253 g/mol. The van der Waals surface area contributed by atoms with Crippen molar-refractivity contribution in [2.24, 2.45) is 0 Å². The van der Waals surface area contributed by atoms with Crippen LogP contribution in [-0.4, -0.2) is 9.97 Å². The lowest BCUT2D eigenvalue weighted by Gasteiger charge is -2.10. The number of aromatic nitrogens is 2. The van der Waals surface area contributed by atoms with E-state index in [-0.39, 0.29) is 6.04 Å². The molecular weight excluding hydrogens is 238 g/mol. The van der Waals surface area contributed by atoms with Crippen molar-refractivity contribution < 1.29 is 0 Å². The Morgan fingerprint density at radius 2 is 2.25 bits per heavy atom. The lowest BCUT2D eigenvalue weighted by Crippen LogP contribution is -2.18. The molecule has 0 bridgehead atoms. The molecule has 0 aliphatic rings. The summed E-state index contributed by atoms with van der Waals surface area (Å²) in [4.78, 5) is 10.1. The van der Waals surface area contributed by atoms with Crippen LogP contribution < -0.4 is 5.32 Å². The molecule has 0 aliphatic heterocycles. The van der Waals surface area contributed by atoms with Crippen molar-refractivity contribution in [3.05, 3.63) is 32.2 Å². The van der Waals surface area contributed by atoms with E-state index in [1.807, 2.05) is 12.4 Å². The van der Waals surface area contributed by atoms with Gasteiger partial charge in [-0.2, -0.15) is 0 Å². The summed E-state index contributed by atoms with van der Waals surface area (Å²) >= 11 is 3.39. The van der Waals surface area contributed by atoms with E-state index in [4.69, 9.17) is 0 Å². The highest BCUT2D eigenvalue weighted by Crippen LogP contribution is 2.18. The molecule has 0 aliphatic carbocycles. The molecule has 0 amide bonds. The lowest BCUT2D eigenvalue weighted by atomic mass is 10.2. The largest absolute Gasteiger partial charge is 0.303 e. The van der Waals surface area contributed by atoms with Crippen LogP contribution in [0.3, 0.4) is 0 Å². The van der Waals surface area contributed by atoms with Crippen molar-refractivity contribution in [1.82, 2.24) is 15.3 Å². The second-order valence-corrected chi connectivity index (χ2v) is 5.88. The van der Waals surface area contributed by atoms with Crippen LogP contribution in [-0.2, 0) is 6.54 Å². The molecule has 2 rings (SSSR count). The third kappa shape index (κ3) is 2.66. The number of nitrogens with zero attached hydrogens (tertiary/aromatic N) is 2. The van der Waals surface area contributed by atoms with E-state index in [9.17, 15) is 0 Å². The first kappa shape index (κ1) is 11.7. The van der Waals surface area contributed by atoms with E-state index in [0.717, 1.165) is 22.9 Å². The van der Waals surface area contributed by atoms with Gasteiger partial charge in [-0.3, -0.25) is 0 Å². The Morgan fingerprint density at radius 1 is 1.44 bits per heavy atom. The minimum Gasteiger partial charge on any atom is -0.303 e. The van der Waals surface area contributed by atoms with E-state index in [0.29, 0.717) is 0 Å². The van der Waals surface area contributed by atoms with Crippen molar-refractivity contribution in [3.8, 4) is 0 Å². The molecule has 2 aromatic heterocycles. The van der Waals surface area contributed by atoms with E-state index in [2.05, 4.69) is 34.5 Å². The van der Waals surface area contributed by atoms with Crippen molar-refractivity contribution in [3.63, 3.8) is 0 Å². The maximum Gasteiger partial charge on any atom is 0.0900 e. The zero-order valence-electron chi connectivity index (χ0n) is 9.65. The number of hydrogen-bond acceptors (Lipinski definition) is 5. The van der Waals surface area contributed by atoms with Gasteiger partial charge in [0.2, 0.25) is 0 Å². The highest BCUT2D eigenvalue weighted by atomic mass is 32.1. The maximum atomic E-state index is 4.50. The molecule has 0 radical (unpaired) electrons. The first-order valence-corrected chi connectivity index (χ1v) is 6.97. The number of hydrogen-bond donors (Lipinski definition) is 1. The molecular formula is C11H15N3S2. The first-order chi connectivity index (χ1) is 7.66. The summed E-state index contributed by atoms with van der Waals surface area (Å²) in [5.41, 5.74) is 4.13. The van der Waals surface area contributed by atoms with Gasteiger partial charge < -0.3 is 5.32 Å². The molecule has 0 fully saturated rings. The maximum absolute atomic E-state index is 4.50. The number of aryl methyl sites for hydroxylation is 2. The molecule has 16 heavy (non-hydrogen) atoms. The molecule has 1 atom stereocenters. The van der Waals surface area contributed by atoms with Crippen LogP contribution in [0, 0.1) is 13.8 Å². The smallest absolute Gasteiger partial charge is 0.0900 e. The lowest BCUT2D eigenvalue weighted by molar-refractivity contribution is 0.557. The first-order valence-electron chi connectivity index (χ1n) is 5.21. The van der Waals surface area contributed by atoms with Crippen LogP contribution in [0.4, 0.5) is 0 Å². The molecule has 1 N–H and O–H groups in total. The summed E-state index contributed by atoms with van der Waals surface area (Å²) in [6.07, 6.45) is 0. The van der Waals surface area contributed by atoms with Gasteiger partial charge in [0.1, 0.15) is 0 Å². The molecule has 2 aromatic rings. The molecule has 3 nitrogen and oxygen atoms in total. The van der Waals surface area contributed by atoms with Crippen molar-refractivity contribution in [2.75, 3.05) is 0 Å². The Hall–Kier alpha value is -0.780. The van der Waals surface area contributed by atoms with E-state index in [1.165, 1.54) is 4.88 Å². The van der Waals surface area contributed by atoms with Crippen molar-refractivity contribution >= 4 is 22.7 Å². The second kappa shape index (κ2) is 5.03. The van der Waals surface area contributed by atoms with Crippen molar-refractivity contribution in [1.29, 1.82) is 0 Å². The zero-order chi connectivity index (χ0) is 11.5. The summed E-state index contributed by atoms with van der Waals surface area (Å²) in [6.45, 7) is 7.11. The predicted molar refractivity (Wildman–Crippen MR) is 69.0 cm³/mol. The second-order valence-electron chi connectivity index (χ2n) is 3.75. The summed E-state index contributed by atoms with van der Waals surface area (Å²) in [6, 6.07) is 0.285. The van der Waals surface area contributed by atoms with Gasteiger partial charge in [-0.25, -0.2) is 9.97 Å². The van der Waals surface area contributed by atoms with Gasteiger partial charge in [-0.05, 0) is 20.8 Å². The van der Waals surface area contributed by atoms with E-state index in [1.54, 1.807) is 22.7 Å². The third-order valence-electron chi connectivity index (χ3n) is 2.47. The Bertz CT molecular complexity index is 448.